The van der Waals surface area contributed by atoms with Crippen LogP contribution in [0.1, 0.15) is 46.9 Å². The Balaban J connectivity index is 2.24. The number of nitrogens with one attached hydrogen (secondary N) is 2. The molecule has 9 nitrogen and oxygen atoms in total. The molecular weight excluding hydrogens is 479 g/mol. The molecule has 3 rings (SSSR count). The van der Waals surface area contributed by atoms with Crippen molar-refractivity contribution < 1.29 is 32.3 Å². The molecule has 12 heteroatoms. The Kier molecular flexibility index (Phi) is 7.14. The number of hydrogen-bond acceptors (Lipinski definition) is 5. The molecule has 1 atom stereocenters. The molecule has 36 heavy (non-hydrogen) atoms. The first kappa shape index (κ1) is 26.0. The molecule has 0 bridgehead atoms. The van der Waals surface area contributed by atoms with Crippen LogP contribution in [0.3, 0.4) is 0 Å². The molecule has 0 aromatic heterocycles. The molecule has 1 unspecified atom stereocenters. The Morgan fingerprint density at radius 3 is 2.44 bits per heavy atom. The number of halogens is 3. The van der Waals surface area contributed by atoms with E-state index in [1.807, 2.05) is 11.5 Å². The van der Waals surface area contributed by atoms with Crippen LogP contribution in [0, 0.1) is 11.3 Å². The van der Waals surface area contributed by atoms with Gasteiger partial charge in [-0.05, 0) is 49.7 Å². The van der Waals surface area contributed by atoms with Gasteiger partial charge in [0.2, 0.25) is 6.41 Å². The van der Waals surface area contributed by atoms with Crippen molar-refractivity contribution in [3.63, 3.8) is 0 Å². The van der Waals surface area contributed by atoms with Crippen LogP contribution < -0.4 is 15.8 Å². The van der Waals surface area contributed by atoms with Crippen LogP contribution in [0.25, 0.3) is 0 Å². The van der Waals surface area contributed by atoms with Crippen LogP contribution >= 0.6 is 0 Å². The van der Waals surface area contributed by atoms with Gasteiger partial charge in [0.1, 0.15) is 0 Å². The quantitative estimate of drug-likeness (QED) is 0.466. The lowest BCUT2D eigenvalue weighted by Gasteiger charge is -2.41. The smallest absolute Gasteiger partial charge is 0.316 e. The lowest BCUT2D eigenvalue weighted by molar-refractivity contribution is -0.137. The third kappa shape index (κ3) is 4.76. The standard InChI is InChI=1S/C24H20F3N5O4/c1-13-20(14(2)34)21(18-8-7-15(11-28)9-19(18)22(35)30-29-12-33)31(3)23(36)32(13)17-6-4-5-16(10-17)24(25,26)27/h4-10,12,21H,1-3H3,(H,29,33)(H,30,35). The van der Waals surface area contributed by atoms with Gasteiger partial charge in [-0.25, -0.2) is 4.79 Å². The molecule has 1 aliphatic rings. The van der Waals surface area contributed by atoms with Crippen LogP contribution in [0.15, 0.2) is 53.7 Å². The molecule has 1 aliphatic heterocycles. The number of hydrazine groups is 1. The predicted molar refractivity (Wildman–Crippen MR) is 121 cm³/mol. The fourth-order valence-electron chi connectivity index (χ4n) is 4.08. The highest BCUT2D eigenvalue weighted by Crippen LogP contribution is 2.41. The number of ketones is 1. The van der Waals surface area contributed by atoms with Crippen molar-refractivity contribution in [1.29, 1.82) is 5.26 Å². The number of allylic oxidation sites excluding steroid dienone is 1. The minimum atomic E-state index is -4.65. The molecule has 0 saturated carbocycles. The van der Waals surface area contributed by atoms with E-state index in [4.69, 9.17) is 0 Å². The summed E-state index contributed by atoms with van der Waals surface area (Å²) >= 11 is 0. The maximum absolute atomic E-state index is 13.4. The molecule has 2 aromatic rings. The minimum Gasteiger partial charge on any atom is -0.316 e. The first-order valence-electron chi connectivity index (χ1n) is 10.4. The molecule has 2 aromatic carbocycles. The summed E-state index contributed by atoms with van der Waals surface area (Å²) < 4.78 is 39.9. The second kappa shape index (κ2) is 9.91. The first-order valence-corrected chi connectivity index (χ1v) is 10.4. The summed E-state index contributed by atoms with van der Waals surface area (Å²) in [7, 11) is 1.34. The number of likely N-dealkylation sites (N-methyl/N-ethyl adjacent to an activating group) is 1. The van der Waals surface area contributed by atoms with Gasteiger partial charge in [-0.3, -0.25) is 30.1 Å². The van der Waals surface area contributed by atoms with E-state index in [1.54, 1.807) is 0 Å². The van der Waals surface area contributed by atoms with E-state index in [1.165, 1.54) is 45.2 Å². The van der Waals surface area contributed by atoms with Gasteiger partial charge in [-0.15, -0.1) is 0 Å². The average Bonchev–Trinajstić information content (AvgIpc) is 2.83. The Bertz CT molecular complexity index is 1330. The van der Waals surface area contributed by atoms with Crippen molar-refractivity contribution in [1.82, 2.24) is 15.8 Å². The summed E-state index contributed by atoms with van der Waals surface area (Å²) in [6.07, 6.45) is -4.43. The Morgan fingerprint density at radius 1 is 1.17 bits per heavy atom. The number of urea groups is 1. The molecule has 0 spiro atoms. The van der Waals surface area contributed by atoms with E-state index in [0.29, 0.717) is 0 Å². The van der Waals surface area contributed by atoms with Crippen molar-refractivity contribution in [2.24, 2.45) is 0 Å². The lowest BCUT2D eigenvalue weighted by atomic mass is 9.87. The number of rotatable bonds is 6. The molecule has 0 radical (unpaired) electrons. The van der Waals surface area contributed by atoms with Gasteiger partial charge in [0.15, 0.2) is 5.78 Å². The zero-order valence-corrected chi connectivity index (χ0v) is 19.3. The van der Waals surface area contributed by atoms with Crippen molar-refractivity contribution >= 4 is 29.8 Å². The van der Waals surface area contributed by atoms with Crippen molar-refractivity contribution in [3.8, 4) is 6.07 Å². The van der Waals surface area contributed by atoms with Gasteiger partial charge in [0.05, 0.1) is 28.9 Å². The molecule has 4 amide bonds. The second-order valence-electron chi connectivity index (χ2n) is 7.86. The lowest BCUT2D eigenvalue weighted by Crippen LogP contribution is -2.49. The molecule has 1 heterocycles. The van der Waals surface area contributed by atoms with Gasteiger partial charge >= 0.3 is 12.2 Å². The van der Waals surface area contributed by atoms with Gasteiger partial charge in [-0.2, -0.15) is 18.4 Å². The third-order valence-corrected chi connectivity index (χ3v) is 5.66. The topological polar surface area (TPSA) is 123 Å². The second-order valence-corrected chi connectivity index (χ2v) is 7.86. The van der Waals surface area contributed by atoms with Crippen LogP contribution in [0.2, 0.25) is 0 Å². The third-order valence-electron chi connectivity index (χ3n) is 5.66. The largest absolute Gasteiger partial charge is 0.416 e. The average molecular weight is 499 g/mol. The number of carbonyl (C=O) groups is 4. The number of nitriles is 1. The Morgan fingerprint density at radius 2 is 1.86 bits per heavy atom. The zero-order chi connectivity index (χ0) is 26.8. The van der Waals surface area contributed by atoms with Crippen LogP contribution in [0.5, 0.6) is 0 Å². The summed E-state index contributed by atoms with van der Waals surface area (Å²) in [5.41, 5.74) is 3.38. The number of amides is 4. The number of benzene rings is 2. The van der Waals surface area contributed by atoms with Crippen molar-refractivity contribution in [3.05, 3.63) is 76.0 Å². The van der Waals surface area contributed by atoms with E-state index in [-0.39, 0.29) is 40.1 Å². The molecule has 0 aliphatic carbocycles. The monoisotopic (exact) mass is 499 g/mol. The molecule has 0 saturated heterocycles. The maximum Gasteiger partial charge on any atom is 0.416 e. The molecular formula is C24H20F3N5O4. The normalized spacial score (nSPS) is 15.9. The highest BCUT2D eigenvalue weighted by molar-refractivity contribution is 6.06. The highest BCUT2D eigenvalue weighted by Gasteiger charge is 2.41. The summed E-state index contributed by atoms with van der Waals surface area (Å²) in [5, 5.41) is 9.27. The Hall–Kier alpha value is -4.66. The van der Waals surface area contributed by atoms with E-state index < -0.39 is 35.5 Å². The van der Waals surface area contributed by atoms with Crippen LogP contribution in [-0.2, 0) is 15.8 Å². The summed E-state index contributed by atoms with van der Waals surface area (Å²) in [5.74, 6) is -1.30. The molecule has 186 valence electrons. The van der Waals surface area contributed by atoms with Gasteiger partial charge in [-0.1, -0.05) is 12.1 Å². The predicted octanol–water partition coefficient (Wildman–Crippen LogP) is 3.44. The first-order chi connectivity index (χ1) is 16.9. The number of carbonyl (C=O) groups excluding carboxylic acids is 4. The number of alkyl halides is 3. The number of anilines is 1. The van der Waals surface area contributed by atoms with Gasteiger partial charge in [0, 0.05) is 23.9 Å². The van der Waals surface area contributed by atoms with E-state index in [2.05, 4.69) is 5.43 Å². The molecule has 2 N–H and O–H groups in total. The van der Waals surface area contributed by atoms with Crippen LogP contribution in [-0.4, -0.2) is 36.1 Å². The number of hydrogen-bond donors (Lipinski definition) is 2. The van der Waals surface area contributed by atoms with E-state index in [9.17, 15) is 37.6 Å². The number of Topliss-reactive ketones (excluding diaryl/α,β-unsaturated/α-hetero) is 1. The SMILES string of the molecule is CC(=O)C1=C(C)N(c2cccc(C(F)(F)F)c2)C(=O)N(C)C1c1ccc(C#N)cc1C(=O)NNC=O. The summed E-state index contributed by atoms with van der Waals surface area (Å²) in [6.45, 7) is 2.66. The molecule has 0 fully saturated rings. The van der Waals surface area contributed by atoms with E-state index in [0.717, 1.165) is 28.0 Å². The van der Waals surface area contributed by atoms with Crippen molar-refractivity contribution in [2.45, 2.75) is 26.1 Å². The van der Waals surface area contributed by atoms with Gasteiger partial charge in [0.25, 0.3) is 5.91 Å². The highest BCUT2D eigenvalue weighted by atomic mass is 19.4. The fourth-order valence-corrected chi connectivity index (χ4v) is 4.08. The number of nitrogens with zero attached hydrogens (tertiary/aromatic N) is 3. The maximum atomic E-state index is 13.4. The summed E-state index contributed by atoms with van der Waals surface area (Å²) in [6, 6.07) is 8.20. The minimum absolute atomic E-state index is 0.0524. The van der Waals surface area contributed by atoms with Crippen molar-refractivity contribution in [2.75, 3.05) is 11.9 Å². The van der Waals surface area contributed by atoms with Gasteiger partial charge < -0.3 is 4.90 Å². The Labute approximate surface area is 203 Å². The fraction of sp³-hybridized carbons (Fsp3) is 0.208. The summed E-state index contributed by atoms with van der Waals surface area (Å²) in [4.78, 5) is 51.7. The van der Waals surface area contributed by atoms with Crippen LogP contribution in [0.4, 0.5) is 23.7 Å². The zero-order valence-electron chi connectivity index (χ0n) is 19.3. The van der Waals surface area contributed by atoms with E-state index >= 15 is 0 Å².